The van der Waals surface area contributed by atoms with Crippen molar-refractivity contribution in [2.24, 2.45) is 5.41 Å². The maximum absolute atomic E-state index is 14.1. The summed E-state index contributed by atoms with van der Waals surface area (Å²) in [6.45, 7) is 4.25. The van der Waals surface area contributed by atoms with Gasteiger partial charge in [0.05, 0.1) is 12.5 Å². The molecule has 0 saturated carbocycles. The molecule has 0 unspecified atom stereocenters. The van der Waals surface area contributed by atoms with Crippen molar-refractivity contribution in [2.45, 2.75) is 33.1 Å². The van der Waals surface area contributed by atoms with Gasteiger partial charge in [-0.05, 0) is 44.5 Å². The summed E-state index contributed by atoms with van der Waals surface area (Å²) in [6.07, 6.45) is -0.749. The fraction of sp³-hybridized carbons (Fsp3) is 0.500. The van der Waals surface area contributed by atoms with Crippen LogP contribution in [0.25, 0.3) is 0 Å². The number of rotatable bonds is 5. The molecule has 0 bridgehead atoms. The van der Waals surface area contributed by atoms with E-state index in [1.165, 1.54) is 39.2 Å². The third-order valence-corrected chi connectivity index (χ3v) is 3.06. The summed E-state index contributed by atoms with van der Waals surface area (Å²) in [7, 11) is 1.47. The second kappa shape index (κ2) is 5.15. The van der Waals surface area contributed by atoms with Crippen molar-refractivity contribution in [3.8, 4) is 5.75 Å². The van der Waals surface area contributed by atoms with E-state index in [9.17, 15) is 13.6 Å². The number of hydrogen-bond donors (Lipinski definition) is 1. The predicted octanol–water partition coefficient (Wildman–Crippen LogP) is 3.60. The second-order valence-electron chi connectivity index (χ2n) is 5.25. The lowest BCUT2D eigenvalue weighted by atomic mass is 9.84. The van der Waals surface area contributed by atoms with Gasteiger partial charge in [0, 0.05) is 12.0 Å². The number of benzene rings is 1. The standard InChI is InChI=1S/C14H18F2O3/c1-9-7-10(5-6-11(9)19-4)14(15,16)8-13(2,3)12(17)18/h5-7H,8H2,1-4H3,(H,17,18). The maximum atomic E-state index is 14.1. The molecule has 3 nitrogen and oxygen atoms in total. The Morgan fingerprint density at radius 3 is 2.37 bits per heavy atom. The number of carboxylic acids is 1. The summed E-state index contributed by atoms with van der Waals surface area (Å²) >= 11 is 0. The lowest BCUT2D eigenvalue weighted by Crippen LogP contribution is -2.31. The number of carboxylic acid groups (broad SMARTS) is 1. The molecule has 0 radical (unpaired) electrons. The van der Waals surface area contributed by atoms with Gasteiger partial charge in [-0.3, -0.25) is 4.79 Å². The Labute approximate surface area is 111 Å². The molecule has 1 N–H and O–H groups in total. The largest absolute Gasteiger partial charge is 0.496 e. The first-order valence-electron chi connectivity index (χ1n) is 5.86. The van der Waals surface area contributed by atoms with Gasteiger partial charge in [0.15, 0.2) is 0 Å². The number of alkyl halides is 2. The SMILES string of the molecule is COc1ccc(C(F)(F)CC(C)(C)C(=O)O)cc1C. The van der Waals surface area contributed by atoms with Gasteiger partial charge >= 0.3 is 5.97 Å². The molecule has 106 valence electrons. The van der Waals surface area contributed by atoms with Crippen LogP contribution in [0.5, 0.6) is 5.75 Å². The number of aryl methyl sites for hydroxylation is 1. The Kier molecular flexibility index (Phi) is 4.18. The lowest BCUT2D eigenvalue weighted by Gasteiger charge is -2.26. The van der Waals surface area contributed by atoms with Crippen LogP contribution in [-0.2, 0) is 10.7 Å². The quantitative estimate of drug-likeness (QED) is 0.890. The molecule has 1 rings (SSSR count). The predicted molar refractivity (Wildman–Crippen MR) is 67.7 cm³/mol. The zero-order chi connectivity index (χ0) is 14.8. The Morgan fingerprint density at radius 2 is 1.95 bits per heavy atom. The van der Waals surface area contributed by atoms with Crippen molar-refractivity contribution in [1.82, 2.24) is 0 Å². The number of ether oxygens (including phenoxy) is 1. The van der Waals surface area contributed by atoms with Crippen LogP contribution in [0.15, 0.2) is 18.2 Å². The molecular weight excluding hydrogens is 254 g/mol. The van der Waals surface area contributed by atoms with E-state index in [1.54, 1.807) is 6.92 Å². The Balaban J connectivity index is 3.07. The lowest BCUT2D eigenvalue weighted by molar-refractivity contribution is -0.153. The van der Waals surface area contributed by atoms with Gasteiger partial charge in [-0.15, -0.1) is 0 Å². The summed E-state index contributed by atoms with van der Waals surface area (Å²) < 4.78 is 33.3. The first-order valence-corrected chi connectivity index (χ1v) is 5.86. The van der Waals surface area contributed by atoms with E-state index in [0.717, 1.165) is 0 Å². The number of methoxy groups -OCH3 is 1. The highest BCUT2D eigenvalue weighted by atomic mass is 19.3. The average molecular weight is 272 g/mol. The van der Waals surface area contributed by atoms with E-state index >= 15 is 0 Å². The van der Waals surface area contributed by atoms with Crippen molar-refractivity contribution >= 4 is 5.97 Å². The van der Waals surface area contributed by atoms with Crippen LogP contribution >= 0.6 is 0 Å². The monoisotopic (exact) mass is 272 g/mol. The molecule has 0 spiro atoms. The molecule has 0 aliphatic carbocycles. The summed E-state index contributed by atoms with van der Waals surface area (Å²) in [5.74, 6) is -3.91. The van der Waals surface area contributed by atoms with E-state index in [4.69, 9.17) is 9.84 Å². The van der Waals surface area contributed by atoms with Crippen LogP contribution in [-0.4, -0.2) is 18.2 Å². The minimum atomic E-state index is -3.20. The van der Waals surface area contributed by atoms with E-state index in [0.29, 0.717) is 11.3 Å². The first kappa shape index (κ1) is 15.4. The van der Waals surface area contributed by atoms with Gasteiger partial charge in [0.1, 0.15) is 5.75 Å². The Hall–Kier alpha value is -1.65. The molecule has 0 atom stereocenters. The summed E-state index contributed by atoms with van der Waals surface area (Å²) in [5, 5.41) is 8.93. The Morgan fingerprint density at radius 1 is 1.37 bits per heavy atom. The minimum Gasteiger partial charge on any atom is -0.496 e. The van der Waals surface area contributed by atoms with Crippen LogP contribution in [0.2, 0.25) is 0 Å². The molecule has 1 aromatic rings. The topological polar surface area (TPSA) is 46.5 Å². The Bertz CT molecular complexity index is 482. The fourth-order valence-corrected chi connectivity index (χ4v) is 1.84. The van der Waals surface area contributed by atoms with Gasteiger partial charge in [0.25, 0.3) is 5.92 Å². The van der Waals surface area contributed by atoms with E-state index in [-0.39, 0.29) is 5.56 Å². The van der Waals surface area contributed by atoms with Crippen molar-refractivity contribution < 1.29 is 23.4 Å². The van der Waals surface area contributed by atoms with Crippen molar-refractivity contribution in [3.05, 3.63) is 29.3 Å². The molecule has 0 heterocycles. The van der Waals surface area contributed by atoms with E-state index in [2.05, 4.69) is 0 Å². The number of aliphatic carboxylic acids is 1. The zero-order valence-electron chi connectivity index (χ0n) is 11.5. The van der Waals surface area contributed by atoms with Crippen LogP contribution < -0.4 is 4.74 Å². The molecule has 0 aliphatic heterocycles. The molecule has 0 amide bonds. The second-order valence-corrected chi connectivity index (χ2v) is 5.25. The van der Waals surface area contributed by atoms with Crippen LogP contribution in [0.1, 0.15) is 31.4 Å². The molecule has 0 aliphatic rings. The van der Waals surface area contributed by atoms with E-state index in [1.807, 2.05) is 0 Å². The van der Waals surface area contributed by atoms with Gasteiger partial charge in [-0.1, -0.05) is 0 Å². The van der Waals surface area contributed by atoms with Crippen LogP contribution in [0, 0.1) is 12.3 Å². The molecule has 0 aromatic heterocycles. The average Bonchev–Trinajstić information content (AvgIpc) is 2.27. The molecule has 0 saturated heterocycles. The molecule has 0 fully saturated rings. The van der Waals surface area contributed by atoms with Crippen molar-refractivity contribution in [2.75, 3.05) is 7.11 Å². The van der Waals surface area contributed by atoms with Crippen LogP contribution in [0.3, 0.4) is 0 Å². The summed E-state index contributed by atoms with van der Waals surface area (Å²) in [5.41, 5.74) is -1.09. The van der Waals surface area contributed by atoms with Gasteiger partial charge in [0.2, 0.25) is 0 Å². The highest BCUT2D eigenvalue weighted by Gasteiger charge is 2.42. The zero-order valence-corrected chi connectivity index (χ0v) is 11.5. The maximum Gasteiger partial charge on any atom is 0.309 e. The van der Waals surface area contributed by atoms with Crippen molar-refractivity contribution in [1.29, 1.82) is 0 Å². The number of hydrogen-bond acceptors (Lipinski definition) is 2. The molecule has 5 heteroatoms. The fourth-order valence-electron chi connectivity index (χ4n) is 1.84. The van der Waals surface area contributed by atoms with Crippen molar-refractivity contribution in [3.63, 3.8) is 0 Å². The number of carbonyl (C=O) groups is 1. The summed E-state index contributed by atoms with van der Waals surface area (Å²) in [6, 6.07) is 4.06. The first-order chi connectivity index (χ1) is 8.60. The van der Waals surface area contributed by atoms with Crippen LogP contribution in [0.4, 0.5) is 8.78 Å². The minimum absolute atomic E-state index is 0.194. The highest BCUT2D eigenvalue weighted by molar-refractivity contribution is 5.73. The number of halogens is 2. The van der Waals surface area contributed by atoms with Gasteiger partial charge in [-0.25, -0.2) is 8.78 Å². The summed E-state index contributed by atoms with van der Waals surface area (Å²) in [4.78, 5) is 10.9. The van der Waals surface area contributed by atoms with Gasteiger partial charge in [-0.2, -0.15) is 0 Å². The normalized spacial score (nSPS) is 12.3. The molecular formula is C14H18F2O3. The third-order valence-electron chi connectivity index (χ3n) is 3.06. The van der Waals surface area contributed by atoms with Gasteiger partial charge < -0.3 is 9.84 Å². The molecule has 19 heavy (non-hydrogen) atoms. The third kappa shape index (κ3) is 3.43. The smallest absolute Gasteiger partial charge is 0.309 e. The van der Waals surface area contributed by atoms with E-state index < -0.39 is 23.7 Å². The highest BCUT2D eigenvalue weighted by Crippen LogP contribution is 2.40. The molecule has 1 aromatic carbocycles.